The number of benzene rings is 1. The number of Topliss-reactive ketones (excluding diaryl/α,β-unsaturated/α-hetero) is 1. The fourth-order valence-electron chi connectivity index (χ4n) is 5.10. The maximum atomic E-state index is 13.1. The fraction of sp³-hybridized carbons (Fsp3) is 0.583. The predicted octanol–water partition coefficient (Wildman–Crippen LogP) is 4.62. The minimum Gasteiger partial charge on any atom is -0.342 e. The zero-order chi connectivity index (χ0) is 19.1. The molecule has 0 radical (unpaired) electrons. The van der Waals surface area contributed by atoms with E-state index in [2.05, 4.69) is 43.9 Å². The number of rotatable bonds is 4. The van der Waals surface area contributed by atoms with Gasteiger partial charge in [-0.25, -0.2) is 0 Å². The second-order valence-electron chi connectivity index (χ2n) is 8.97. The van der Waals surface area contributed by atoms with Gasteiger partial charge in [-0.3, -0.25) is 9.59 Å². The van der Waals surface area contributed by atoms with Crippen molar-refractivity contribution < 1.29 is 9.59 Å². The molecule has 1 aromatic carbocycles. The molecule has 1 aromatic rings. The Morgan fingerprint density at radius 1 is 1.04 bits per heavy atom. The SMILES string of the molecule is Cc1cc(C)c(C2=CCC(CC3CCN(C(=O)C4CC4)CC3)C2=O)c(C)c1. The summed E-state index contributed by atoms with van der Waals surface area (Å²) in [7, 11) is 0. The highest BCUT2D eigenvalue weighted by molar-refractivity contribution is 6.24. The van der Waals surface area contributed by atoms with Crippen molar-refractivity contribution in [2.24, 2.45) is 17.8 Å². The van der Waals surface area contributed by atoms with Crippen LogP contribution in [-0.2, 0) is 9.59 Å². The van der Waals surface area contributed by atoms with E-state index in [0.717, 1.165) is 62.8 Å². The van der Waals surface area contributed by atoms with Crippen LogP contribution < -0.4 is 0 Å². The van der Waals surface area contributed by atoms with Gasteiger partial charge in [0.1, 0.15) is 0 Å². The summed E-state index contributed by atoms with van der Waals surface area (Å²) in [5.74, 6) is 1.75. The largest absolute Gasteiger partial charge is 0.342 e. The van der Waals surface area contributed by atoms with Crippen LogP contribution in [0.1, 0.15) is 60.8 Å². The number of aryl methyl sites for hydroxylation is 3. The van der Waals surface area contributed by atoms with Crippen LogP contribution in [0, 0.1) is 38.5 Å². The molecule has 1 aliphatic heterocycles. The molecule has 2 aliphatic carbocycles. The molecule has 1 atom stereocenters. The lowest BCUT2D eigenvalue weighted by Crippen LogP contribution is -2.39. The number of carbonyl (C=O) groups excluding carboxylic acids is 2. The van der Waals surface area contributed by atoms with Crippen LogP contribution in [0.5, 0.6) is 0 Å². The van der Waals surface area contributed by atoms with Gasteiger partial charge in [0.15, 0.2) is 5.78 Å². The Balaban J connectivity index is 1.36. The van der Waals surface area contributed by atoms with E-state index in [4.69, 9.17) is 0 Å². The number of allylic oxidation sites excluding steroid dienone is 2. The molecule has 2 fully saturated rings. The van der Waals surface area contributed by atoms with Gasteiger partial charge in [-0.15, -0.1) is 0 Å². The van der Waals surface area contributed by atoms with Crippen molar-refractivity contribution in [2.75, 3.05) is 13.1 Å². The van der Waals surface area contributed by atoms with Gasteiger partial charge in [0.25, 0.3) is 0 Å². The van der Waals surface area contributed by atoms with Gasteiger partial charge in [-0.1, -0.05) is 23.8 Å². The topological polar surface area (TPSA) is 37.4 Å². The molecular weight excluding hydrogens is 334 g/mol. The Morgan fingerprint density at radius 2 is 1.67 bits per heavy atom. The summed E-state index contributed by atoms with van der Waals surface area (Å²) in [6.07, 6.45) is 8.31. The zero-order valence-electron chi connectivity index (χ0n) is 16.9. The average molecular weight is 366 g/mol. The monoisotopic (exact) mass is 365 g/mol. The maximum Gasteiger partial charge on any atom is 0.225 e. The number of ketones is 1. The molecule has 1 amide bonds. The number of nitrogens with zero attached hydrogens (tertiary/aromatic N) is 1. The number of likely N-dealkylation sites (tertiary alicyclic amines) is 1. The van der Waals surface area contributed by atoms with E-state index in [0.29, 0.717) is 23.5 Å². The average Bonchev–Trinajstić information content (AvgIpc) is 3.42. The summed E-state index contributed by atoms with van der Waals surface area (Å²) in [5.41, 5.74) is 5.76. The molecule has 3 nitrogen and oxygen atoms in total. The molecule has 1 saturated heterocycles. The summed E-state index contributed by atoms with van der Waals surface area (Å²) >= 11 is 0. The summed E-state index contributed by atoms with van der Waals surface area (Å²) < 4.78 is 0. The van der Waals surface area contributed by atoms with E-state index in [1.165, 1.54) is 16.7 Å². The predicted molar refractivity (Wildman–Crippen MR) is 108 cm³/mol. The van der Waals surface area contributed by atoms with Gasteiger partial charge < -0.3 is 4.90 Å². The summed E-state index contributed by atoms with van der Waals surface area (Å²) in [6, 6.07) is 4.35. The number of hydrogen-bond donors (Lipinski definition) is 0. The first kappa shape index (κ1) is 18.5. The first-order valence-electron chi connectivity index (χ1n) is 10.6. The fourth-order valence-corrected chi connectivity index (χ4v) is 5.10. The van der Waals surface area contributed by atoms with Crippen molar-refractivity contribution in [2.45, 2.75) is 59.3 Å². The first-order chi connectivity index (χ1) is 12.9. The lowest BCUT2D eigenvalue weighted by atomic mass is 9.84. The molecule has 1 heterocycles. The van der Waals surface area contributed by atoms with Gasteiger partial charge in [-0.05, 0) is 81.9 Å². The summed E-state index contributed by atoms with van der Waals surface area (Å²) in [5, 5.41) is 0. The minimum absolute atomic E-state index is 0.135. The quantitative estimate of drug-likeness (QED) is 0.780. The van der Waals surface area contributed by atoms with Gasteiger partial charge in [0.2, 0.25) is 5.91 Å². The lowest BCUT2D eigenvalue weighted by Gasteiger charge is -2.33. The molecule has 27 heavy (non-hydrogen) atoms. The Bertz CT molecular complexity index is 772. The van der Waals surface area contributed by atoms with Crippen LogP contribution in [0.15, 0.2) is 18.2 Å². The Labute approximate surface area is 162 Å². The van der Waals surface area contributed by atoms with E-state index >= 15 is 0 Å². The summed E-state index contributed by atoms with van der Waals surface area (Å²) in [4.78, 5) is 27.4. The normalized spacial score (nSPS) is 23.7. The second kappa shape index (κ2) is 7.26. The Morgan fingerprint density at radius 3 is 2.26 bits per heavy atom. The van der Waals surface area contributed by atoms with E-state index < -0.39 is 0 Å². The van der Waals surface area contributed by atoms with E-state index in [1.54, 1.807) is 0 Å². The van der Waals surface area contributed by atoms with Gasteiger partial charge in [0.05, 0.1) is 0 Å². The molecule has 144 valence electrons. The molecule has 0 aromatic heterocycles. The Kier molecular flexibility index (Phi) is 4.96. The molecule has 3 aliphatic rings. The Hall–Kier alpha value is -1.90. The van der Waals surface area contributed by atoms with Crippen molar-refractivity contribution in [3.05, 3.63) is 40.5 Å². The third kappa shape index (κ3) is 3.74. The van der Waals surface area contributed by atoms with Crippen LogP contribution in [0.25, 0.3) is 5.57 Å². The standard InChI is InChI=1S/C24H31NO2/c1-15-12-16(2)22(17(3)13-15)21-7-6-20(23(21)26)14-18-8-10-25(11-9-18)24(27)19-4-5-19/h7,12-13,18-20H,4-6,8-11,14H2,1-3H3. The van der Waals surface area contributed by atoms with Crippen molar-refractivity contribution in [1.82, 2.24) is 4.90 Å². The van der Waals surface area contributed by atoms with Crippen molar-refractivity contribution in [3.63, 3.8) is 0 Å². The maximum absolute atomic E-state index is 13.1. The van der Waals surface area contributed by atoms with Gasteiger partial charge in [0, 0.05) is 30.5 Å². The number of piperidine rings is 1. The highest BCUT2D eigenvalue weighted by Crippen LogP contribution is 2.38. The first-order valence-corrected chi connectivity index (χ1v) is 10.6. The third-order valence-electron chi connectivity index (χ3n) is 6.66. The van der Waals surface area contributed by atoms with Crippen molar-refractivity contribution in [1.29, 1.82) is 0 Å². The van der Waals surface area contributed by atoms with Gasteiger partial charge in [-0.2, -0.15) is 0 Å². The zero-order valence-corrected chi connectivity index (χ0v) is 16.9. The van der Waals surface area contributed by atoms with Crippen LogP contribution in [0.4, 0.5) is 0 Å². The molecule has 0 N–H and O–H groups in total. The molecule has 1 unspecified atom stereocenters. The third-order valence-corrected chi connectivity index (χ3v) is 6.66. The molecular formula is C24H31NO2. The number of hydrogen-bond acceptors (Lipinski definition) is 2. The number of carbonyl (C=O) groups is 2. The molecule has 3 heteroatoms. The smallest absolute Gasteiger partial charge is 0.225 e. The second-order valence-corrected chi connectivity index (χ2v) is 8.97. The molecule has 1 saturated carbocycles. The van der Waals surface area contributed by atoms with Crippen LogP contribution in [0.2, 0.25) is 0 Å². The van der Waals surface area contributed by atoms with Crippen molar-refractivity contribution in [3.8, 4) is 0 Å². The molecule has 4 rings (SSSR count). The summed E-state index contributed by atoms with van der Waals surface area (Å²) in [6.45, 7) is 8.11. The highest BCUT2D eigenvalue weighted by Gasteiger charge is 2.36. The van der Waals surface area contributed by atoms with E-state index in [9.17, 15) is 9.59 Å². The van der Waals surface area contributed by atoms with Gasteiger partial charge >= 0.3 is 0 Å². The van der Waals surface area contributed by atoms with E-state index in [-0.39, 0.29) is 5.92 Å². The van der Waals surface area contributed by atoms with Crippen LogP contribution >= 0.6 is 0 Å². The van der Waals surface area contributed by atoms with Crippen molar-refractivity contribution >= 4 is 17.3 Å². The minimum atomic E-state index is 0.135. The molecule has 0 bridgehead atoms. The molecule has 0 spiro atoms. The van der Waals surface area contributed by atoms with Crippen LogP contribution in [-0.4, -0.2) is 29.7 Å². The van der Waals surface area contributed by atoms with Crippen LogP contribution in [0.3, 0.4) is 0 Å². The lowest BCUT2D eigenvalue weighted by molar-refractivity contribution is -0.134. The number of amides is 1. The van der Waals surface area contributed by atoms with E-state index in [1.807, 2.05) is 0 Å². The highest BCUT2D eigenvalue weighted by atomic mass is 16.2.